The number of allylic oxidation sites excluding steroid dienone is 2. The third kappa shape index (κ3) is 2.47. The summed E-state index contributed by atoms with van der Waals surface area (Å²) in [6.07, 6.45) is 5.44. The first-order valence-electron chi connectivity index (χ1n) is 7.69. The number of hydrogen-bond acceptors (Lipinski definition) is 2. The van der Waals surface area contributed by atoms with Gasteiger partial charge in [0.05, 0.1) is 11.6 Å². The van der Waals surface area contributed by atoms with Gasteiger partial charge in [-0.05, 0) is 53.8 Å². The number of carboxylic acids is 1. The summed E-state index contributed by atoms with van der Waals surface area (Å²) >= 11 is 3.55. The summed E-state index contributed by atoms with van der Waals surface area (Å²) in [7, 11) is 0. The average Bonchev–Trinajstić information content (AvgIpc) is 3.03. The average molecular weight is 370 g/mol. The smallest absolute Gasteiger partial charge is 0.335 e. The first kappa shape index (κ1) is 14.5. The highest BCUT2D eigenvalue weighted by molar-refractivity contribution is 9.10. The number of hydrogen-bond donors (Lipinski definition) is 2. The van der Waals surface area contributed by atoms with Crippen molar-refractivity contribution in [3.8, 4) is 0 Å². The number of nitrogens with one attached hydrogen (secondary N) is 1. The zero-order valence-electron chi connectivity index (χ0n) is 12.4. The minimum atomic E-state index is -0.875. The van der Waals surface area contributed by atoms with Crippen LogP contribution in [-0.2, 0) is 0 Å². The number of rotatable bonds is 2. The van der Waals surface area contributed by atoms with E-state index < -0.39 is 5.97 Å². The second-order valence-electron chi connectivity index (χ2n) is 6.14. The third-order valence-corrected chi connectivity index (χ3v) is 5.31. The Hall–Kier alpha value is -2.07. The van der Waals surface area contributed by atoms with Crippen molar-refractivity contribution >= 4 is 27.6 Å². The maximum atomic E-state index is 11.3. The van der Waals surface area contributed by atoms with Gasteiger partial charge < -0.3 is 10.4 Å². The molecule has 1 aliphatic carbocycles. The van der Waals surface area contributed by atoms with Crippen LogP contribution >= 0.6 is 15.9 Å². The molecule has 2 aliphatic rings. The van der Waals surface area contributed by atoms with Crippen LogP contribution in [0.4, 0.5) is 5.69 Å². The number of anilines is 1. The predicted octanol–water partition coefficient (Wildman–Crippen LogP) is 4.97. The Labute approximate surface area is 143 Å². The van der Waals surface area contributed by atoms with E-state index in [1.807, 2.05) is 18.2 Å². The van der Waals surface area contributed by atoms with Gasteiger partial charge in [-0.3, -0.25) is 0 Å². The topological polar surface area (TPSA) is 49.3 Å². The minimum Gasteiger partial charge on any atom is -0.478 e. The summed E-state index contributed by atoms with van der Waals surface area (Å²) in [5, 5.41) is 12.9. The van der Waals surface area contributed by atoms with Crippen LogP contribution in [0.5, 0.6) is 0 Å². The molecule has 0 saturated carbocycles. The molecule has 3 nitrogen and oxygen atoms in total. The Bertz CT molecular complexity index is 815. The largest absolute Gasteiger partial charge is 0.478 e. The van der Waals surface area contributed by atoms with Gasteiger partial charge in [-0.1, -0.05) is 40.2 Å². The van der Waals surface area contributed by atoms with Crippen molar-refractivity contribution in [1.82, 2.24) is 0 Å². The van der Waals surface area contributed by atoms with E-state index in [0.717, 1.165) is 22.1 Å². The minimum absolute atomic E-state index is 0.232. The number of carbonyl (C=O) groups is 1. The van der Waals surface area contributed by atoms with E-state index in [4.69, 9.17) is 0 Å². The van der Waals surface area contributed by atoms with Crippen molar-refractivity contribution in [3.05, 3.63) is 75.8 Å². The highest BCUT2D eigenvalue weighted by atomic mass is 79.9. The van der Waals surface area contributed by atoms with Gasteiger partial charge in [0.2, 0.25) is 0 Å². The SMILES string of the molecule is O=C(O)c1ccc2c(c1)[C@H]1C=CC[C@H]1[C@H](c1cccc(Br)c1)N2. The first-order valence-corrected chi connectivity index (χ1v) is 8.48. The number of fused-ring (bicyclic) bond motifs is 3. The fraction of sp³-hybridized carbons (Fsp3) is 0.211. The molecule has 2 aromatic rings. The van der Waals surface area contributed by atoms with Gasteiger partial charge >= 0.3 is 5.97 Å². The molecule has 4 rings (SSSR count). The molecule has 23 heavy (non-hydrogen) atoms. The predicted molar refractivity (Wildman–Crippen MR) is 93.9 cm³/mol. The lowest BCUT2D eigenvalue weighted by Gasteiger charge is -2.37. The van der Waals surface area contributed by atoms with Crippen LogP contribution in [0, 0.1) is 5.92 Å². The van der Waals surface area contributed by atoms with Crippen LogP contribution in [0.25, 0.3) is 0 Å². The van der Waals surface area contributed by atoms with Crippen LogP contribution in [-0.4, -0.2) is 11.1 Å². The zero-order chi connectivity index (χ0) is 16.0. The quantitative estimate of drug-likeness (QED) is 0.734. The maximum absolute atomic E-state index is 11.3. The van der Waals surface area contributed by atoms with Gasteiger partial charge in [0.15, 0.2) is 0 Å². The molecule has 2 aromatic carbocycles. The zero-order valence-corrected chi connectivity index (χ0v) is 14.0. The fourth-order valence-electron chi connectivity index (χ4n) is 3.76. The van der Waals surface area contributed by atoms with E-state index in [-0.39, 0.29) is 12.0 Å². The van der Waals surface area contributed by atoms with Crippen LogP contribution in [0.15, 0.2) is 59.1 Å². The van der Waals surface area contributed by atoms with E-state index in [9.17, 15) is 9.90 Å². The molecular formula is C19H16BrNO2. The molecule has 3 atom stereocenters. The van der Waals surface area contributed by atoms with Crippen molar-refractivity contribution in [3.63, 3.8) is 0 Å². The molecule has 0 bridgehead atoms. The second-order valence-corrected chi connectivity index (χ2v) is 7.05. The monoisotopic (exact) mass is 369 g/mol. The summed E-state index contributed by atoms with van der Waals surface area (Å²) in [5.41, 5.74) is 3.74. The summed E-state index contributed by atoms with van der Waals surface area (Å²) in [6, 6.07) is 14.0. The molecule has 0 spiro atoms. The lowest BCUT2D eigenvalue weighted by Crippen LogP contribution is -2.29. The van der Waals surface area contributed by atoms with Gasteiger partial charge in [0, 0.05) is 16.1 Å². The molecule has 4 heteroatoms. The Morgan fingerprint density at radius 1 is 1.22 bits per heavy atom. The van der Waals surface area contributed by atoms with Gasteiger partial charge in [-0.2, -0.15) is 0 Å². The normalized spacial score (nSPS) is 24.7. The van der Waals surface area contributed by atoms with Crippen molar-refractivity contribution in [2.75, 3.05) is 5.32 Å². The molecule has 0 fully saturated rings. The first-order chi connectivity index (χ1) is 11.1. The second kappa shape index (κ2) is 5.53. The molecule has 2 N–H and O–H groups in total. The van der Waals surface area contributed by atoms with Gasteiger partial charge in [0.25, 0.3) is 0 Å². The lowest BCUT2D eigenvalue weighted by molar-refractivity contribution is 0.0696. The van der Waals surface area contributed by atoms with E-state index >= 15 is 0 Å². The van der Waals surface area contributed by atoms with Crippen molar-refractivity contribution in [1.29, 1.82) is 0 Å². The Kier molecular flexibility index (Phi) is 3.49. The van der Waals surface area contributed by atoms with Crippen molar-refractivity contribution in [2.24, 2.45) is 5.92 Å². The maximum Gasteiger partial charge on any atom is 0.335 e. The van der Waals surface area contributed by atoms with Crippen molar-refractivity contribution < 1.29 is 9.90 Å². The summed E-state index contributed by atoms with van der Waals surface area (Å²) in [5.74, 6) is -0.184. The molecule has 0 saturated heterocycles. The fourth-order valence-corrected chi connectivity index (χ4v) is 4.17. The lowest BCUT2D eigenvalue weighted by atomic mass is 9.76. The van der Waals surface area contributed by atoms with Crippen LogP contribution in [0.3, 0.4) is 0 Å². The van der Waals surface area contributed by atoms with Gasteiger partial charge in [-0.25, -0.2) is 4.79 Å². The Morgan fingerprint density at radius 2 is 2.09 bits per heavy atom. The molecule has 1 aliphatic heterocycles. The summed E-state index contributed by atoms with van der Waals surface area (Å²) in [4.78, 5) is 11.3. The molecule has 1 heterocycles. The van der Waals surface area contributed by atoms with Gasteiger partial charge in [-0.15, -0.1) is 0 Å². The van der Waals surface area contributed by atoms with E-state index in [1.54, 1.807) is 6.07 Å². The highest BCUT2D eigenvalue weighted by Gasteiger charge is 2.38. The summed E-state index contributed by atoms with van der Waals surface area (Å²) < 4.78 is 1.08. The number of aromatic carboxylic acids is 1. The van der Waals surface area contributed by atoms with Crippen LogP contribution in [0.2, 0.25) is 0 Å². The number of carboxylic acid groups (broad SMARTS) is 1. The number of halogens is 1. The molecule has 0 radical (unpaired) electrons. The Morgan fingerprint density at radius 3 is 2.87 bits per heavy atom. The molecule has 0 aromatic heterocycles. The molecule has 0 unspecified atom stereocenters. The number of benzene rings is 2. The van der Waals surface area contributed by atoms with E-state index in [0.29, 0.717) is 11.5 Å². The van der Waals surface area contributed by atoms with Crippen LogP contribution in [0.1, 0.15) is 39.9 Å². The van der Waals surface area contributed by atoms with Crippen LogP contribution < -0.4 is 5.32 Å². The Balaban J connectivity index is 1.79. The van der Waals surface area contributed by atoms with Gasteiger partial charge in [0.1, 0.15) is 0 Å². The third-order valence-electron chi connectivity index (χ3n) is 4.82. The molecule has 0 amide bonds. The molecule has 116 valence electrons. The van der Waals surface area contributed by atoms with E-state index in [1.165, 1.54) is 5.56 Å². The molecular weight excluding hydrogens is 354 g/mol. The summed E-state index contributed by atoms with van der Waals surface area (Å²) in [6.45, 7) is 0. The standard InChI is InChI=1S/C19H16BrNO2/c20-13-4-1-3-11(9-13)18-15-6-2-5-14(15)16-10-12(19(22)23)7-8-17(16)21-18/h1-5,7-10,14-15,18,21H,6H2,(H,22,23)/t14-,15+,18-/m0/s1. The van der Waals surface area contributed by atoms with Crippen molar-refractivity contribution in [2.45, 2.75) is 18.4 Å². The van der Waals surface area contributed by atoms with E-state index in [2.05, 4.69) is 51.6 Å². The highest BCUT2D eigenvalue weighted by Crippen LogP contribution is 2.50.